The first-order valence-corrected chi connectivity index (χ1v) is 6.56. The van der Waals surface area contributed by atoms with Crippen molar-refractivity contribution >= 4 is 11.3 Å². The largest absolute Gasteiger partial charge is 0.271 e. The molecule has 0 bridgehead atoms. The van der Waals surface area contributed by atoms with Crippen LogP contribution in [0.3, 0.4) is 0 Å². The average molecular weight is 265 g/mol. The molecule has 0 aliphatic rings. The van der Waals surface area contributed by atoms with Crippen LogP contribution in [0.15, 0.2) is 24.3 Å². The SMILES string of the molecule is Cc1nc(CC(NN)c2ccc(F)cc2)sc1C. The van der Waals surface area contributed by atoms with Crippen LogP contribution in [0.4, 0.5) is 4.39 Å². The average Bonchev–Trinajstić information content (AvgIpc) is 2.67. The number of hydrazine groups is 1. The number of rotatable bonds is 4. The summed E-state index contributed by atoms with van der Waals surface area (Å²) in [5, 5.41) is 1.04. The first-order valence-electron chi connectivity index (χ1n) is 5.74. The standard InChI is InChI=1S/C13H16FN3S/c1-8-9(2)18-13(16-8)7-12(17-15)10-3-5-11(14)6-4-10/h3-6,12,17H,7,15H2,1-2H3. The topological polar surface area (TPSA) is 50.9 Å². The predicted molar refractivity (Wildman–Crippen MR) is 71.8 cm³/mol. The van der Waals surface area contributed by atoms with Crippen molar-refractivity contribution < 1.29 is 4.39 Å². The fourth-order valence-electron chi connectivity index (χ4n) is 1.77. The maximum absolute atomic E-state index is 12.9. The fourth-order valence-corrected chi connectivity index (χ4v) is 2.75. The second-order valence-corrected chi connectivity index (χ2v) is 5.51. The number of nitrogens with zero attached hydrogens (tertiary/aromatic N) is 1. The Bertz CT molecular complexity index is 502. The molecule has 0 aliphatic carbocycles. The summed E-state index contributed by atoms with van der Waals surface area (Å²) in [6.07, 6.45) is 0.710. The molecule has 0 aliphatic heterocycles. The second-order valence-electron chi connectivity index (χ2n) is 4.22. The van der Waals surface area contributed by atoms with Crippen molar-refractivity contribution in [3.63, 3.8) is 0 Å². The Morgan fingerprint density at radius 1 is 1.33 bits per heavy atom. The van der Waals surface area contributed by atoms with Crippen molar-refractivity contribution in [1.82, 2.24) is 10.4 Å². The minimum Gasteiger partial charge on any atom is -0.271 e. The molecule has 18 heavy (non-hydrogen) atoms. The Balaban J connectivity index is 2.16. The van der Waals surface area contributed by atoms with Crippen LogP contribution < -0.4 is 11.3 Å². The molecular weight excluding hydrogens is 249 g/mol. The summed E-state index contributed by atoms with van der Waals surface area (Å²) in [5.41, 5.74) is 4.78. The quantitative estimate of drug-likeness (QED) is 0.660. The van der Waals surface area contributed by atoms with Gasteiger partial charge in [-0.1, -0.05) is 12.1 Å². The van der Waals surface area contributed by atoms with Gasteiger partial charge in [-0.2, -0.15) is 0 Å². The van der Waals surface area contributed by atoms with Gasteiger partial charge in [-0.3, -0.25) is 11.3 Å². The lowest BCUT2D eigenvalue weighted by Gasteiger charge is -2.14. The Hall–Kier alpha value is -1.30. The number of hydrogen-bond acceptors (Lipinski definition) is 4. The third kappa shape index (κ3) is 2.93. The van der Waals surface area contributed by atoms with Gasteiger partial charge in [0, 0.05) is 11.3 Å². The van der Waals surface area contributed by atoms with Gasteiger partial charge in [0.05, 0.1) is 16.7 Å². The van der Waals surface area contributed by atoms with Gasteiger partial charge in [0.2, 0.25) is 0 Å². The van der Waals surface area contributed by atoms with Gasteiger partial charge >= 0.3 is 0 Å². The number of nitrogens with one attached hydrogen (secondary N) is 1. The molecule has 1 aromatic heterocycles. The highest BCUT2D eigenvalue weighted by molar-refractivity contribution is 7.11. The molecular formula is C13H16FN3S. The van der Waals surface area contributed by atoms with Gasteiger partial charge in [0.1, 0.15) is 5.82 Å². The Morgan fingerprint density at radius 2 is 2.00 bits per heavy atom. The van der Waals surface area contributed by atoms with Crippen LogP contribution in [0.5, 0.6) is 0 Å². The van der Waals surface area contributed by atoms with Crippen molar-refractivity contribution in [2.24, 2.45) is 5.84 Å². The molecule has 96 valence electrons. The lowest BCUT2D eigenvalue weighted by Crippen LogP contribution is -2.29. The fraction of sp³-hybridized carbons (Fsp3) is 0.308. The zero-order valence-corrected chi connectivity index (χ0v) is 11.2. The molecule has 1 aromatic carbocycles. The lowest BCUT2D eigenvalue weighted by molar-refractivity contribution is 0.548. The van der Waals surface area contributed by atoms with E-state index in [0.29, 0.717) is 6.42 Å². The number of hydrogen-bond donors (Lipinski definition) is 2. The molecule has 5 heteroatoms. The molecule has 0 spiro atoms. The van der Waals surface area contributed by atoms with Crippen LogP contribution in [0.2, 0.25) is 0 Å². The summed E-state index contributed by atoms with van der Waals surface area (Å²) in [6, 6.07) is 6.33. The summed E-state index contributed by atoms with van der Waals surface area (Å²) >= 11 is 1.68. The highest BCUT2D eigenvalue weighted by atomic mass is 32.1. The van der Waals surface area contributed by atoms with Gasteiger partial charge in [-0.15, -0.1) is 11.3 Å². The van der Waals surface area contributed by atoms with Gasteiger partial charge in [-0.05, 0) is 31.5 Å². The number of nitrogens with two attached hydrogens (primary N) is 1. The van der Waals surface area contributed by atoms with Crippen molar-refractivity contribution in [2.75, 3.05) is 0 Å². The van der Waals surface area contributed by atoms with Crippen molar-refractivity contribution in [3.05, 3.63) is 51.2 Å². The molecule has 1 atom stereocenters. The lowest BCUT2D eigenvalue weighted by atomic mass is 10.0. The van der Waals surface area contributed by atoms with Gasteiger partial charge in [0.15, 0.2) is 0 Å². The van der Waals surface area contributed by atoms with Crippen LogP contribution in [-0.4, -0.2) is 4.98 Å². The molecule has 0 radical (unpaired) electrons. The van der Waals surface area contributed by atoms with Crippen LogP contribution >= 0.6 is 11.3 Å². The molecule has 1 heterocycles. The zero-order valence-electron chi connectivity index (χ0n) is 10.4. The van der Waals surface area contributed by atoms with Crippen molar-refractivity contribution in [2.45, 2.75) is 26.3 Å². The van der Waals surface area contributed by atoms with Crippen LogP contribution in [0, 0.1) is 19.7 Å². The van der Waals surface area contributed by atoms with Crippen molar-refractivity contribution in [1.29, 1.82) is 0 Å². The van der Waals surface area contributed by atoms with E-state index in [-0.39, 0.29) is 11.9 Å². The number of aromatic nitrogens is 1. The van der Waals surface area contributed by atoms with Gasteiger partial charge in [-0.25, -0.2) is 9.37 Å². The predicted octanol–water partition coefficient (Wildman–Crippen LogP) is 2.65. The Morgan fingerprint density at radius 3 is 2.50 bits per heavy atom. The zero-order chi connectivity index (χ0) is 13.1. The minimum absolute atomic E-state index is 0.0458. The number of thiazole rings is 1. The smallest absolute Gasteiger partial charge is 0.123 e. The van der Waals surface area contributed by atoms with E-state index in [1.807, 2.05) is 6.92 Å². The monoisotopic (exact) mass is 265 g/mol. The number of benzene rings is 1. The molecule has 2 rings (SSSR count). The summed E-state index contributed by atoms with van der Waals surface area (Å²) in [6.45, 7) is 4.05. The van der Waals surface area contributed by atoms with E-state index in [2.05, 4.69) is 17.3 Å². The molecule has 0 amide bonds. The van der Waals surface area contributed by atoms with E-state index in [4.69, 9.17) is 5.84 Å². The minimum atomic E-state index is -0.240. The van der Waals surface area contributed by atoms with Gasteiger partial charge < -0.3 is 0 Å². The molecule has 3 nitrogen and oxygen atoms in total. The maximum Gasteiger partial charge on any atom is 0.123 e. The van der Waals surface area contributed by atoms with Crippen molar-refractivity contribution in [3.8, 4) is 0 Å². The van der Waals surface area contributed by atoms with E-state index < -0.39 is 0 Å². The highest BCUT2D eigenvalue weighted by Gasteiger charge is 2.13. The maximum atomic E-state index is 12.9. The molecule has 3 N–H and O–H groups in total. The third-order valence-electron chi connectivity index (χ3n) is 2.93. The summed E-state index contributed by atoms with van der Waals surface area (Å²) in [4.78, 5) is 5.71. The van der Waals surface area contributed by atoms with E-state index in [0.717, 1.165) is 16.3 Å². The molecule has 1 unspecified atom stereocenters. The van der Waals surface area contributed by atoms with E-state index >= 15 is 0 Å². The number of aryl methyl sites for hydroxylation is 2. The third-order valence-corrected chi connectivity index (χ3v) is 4.02. The first-order chi connectivity index (χ1) is 8.60. The van der Waals surface area contributed by atoms with E-state index in [1.165, 1.54) is 17.0 Å². The van der Waals surface area contributed by atoms with E-state index in [1.54, 1.807) is 23.5 Å². The Labute approximate surface area is 110 Å². The highest BCUT2D eigenvalue weighted by Crippen LogP contribution is 2.23. The molecule has 0 saturated heterocycles. The molecule has 0 fully saturated rings. The van der Waals surface area contributed by atoms with Crippen LogP contribution in [-0.2, 0) is 6.42 Å². The second kappa shape index (κ2) is 5.56. The summed E-state index contributed by atoms with van der Waals surface area (Å²) in [5.74, 6) is 5.33. The first kappa shape index (κ1) is 13.1. The van der Waals surface area contributed by atoms with E-state index in [9.17, 15) is 4.39 Å². The van der Waals surface area contributed by atoms with Gasteiger partial charge in [0.25, 0.3) is 0 Å². The normalized spacial score (nSPS) is 12.7. The van der Waals surface area contributed by atoms with Crippen LogP contribution in [0.1, 0.15) is 27.2 Å². The Kier molecular flexibility index (Phi) is 4.06. The molecule has 0 saturated carbocycles. The molecule has 2 aromatic rings. The summed E-state index contributed by atoms with van der Waals surface area (Å²) in [7, 11) is 0. The van der Waals surface area contributed by atoms with Crippen LogP contribution in [0.25, 0.3) is 0 Å². The summed E-state index contributed by atoms with van der Waals surface area (Å²) < 4.78 is 12.9. The number of halogens is 1.